The van der Waals surface area contributed by atoms with Crippen molar-refractivity contribution in [3.63, 3.8) is 0 Å². The van der Waals surface area contributed by atoms with Crippen LogP contribution in [0.25, 0.3) is 0 Å². The van der Waals surface area contributed by atoms with Crippen molar-refractivity contribution in [1.29, 1.82) is 0 Å². The molecule has 0 radical (unpaired) electrons. The summed E-state index contributed by atoms with van der Waals surface area (Å²) in [6.45, 7) is 9.30. The van der Waals surface area contributed by atoms with E-state index in [1.807, 2.05) is 19.2 Å². The molecule has 0 aromatic heterocycles. The molecule has 0 unspecified atom stereocenters. The minimum absolute atomic E-state index is 0.778. The van der Waals surface area contributed by atoms with Crippen LogP contribution in [0.3, 0.4) is 0 Å². The monoisotopic (exact) mass is 437 g/mol. The predicted octanol–water partition coefficient (Wildman–Crippen LogP) is 2.42. The number of ether oxygens (including phenoxy) is 2. The third kappa shape index (κ3) is 5.93. The minimum Gasteiger partial charge on any atom is -0.497 e. The number of methoxy groups -OCH3 is 1. The molecule has 2 aromatic rings. The number of anilines is 1. The van der Waals surface area contributed by atoms with Crippen LogP contribution in [-0.2, 0) is 17.8 Å². The van der Waals surface area contributed by atoms with E-state index in [0.29, 0.717) is 0 Å². The molecule has 0 atom stereocenters. The number of nitrogens with zero attached hydrogens (tertiary/aromatic N) is 4. The van der Waals surface area contributed by atoms with Crippen molar-refractivity contribution in [2.75, 3.05) is 71.5 Å². The summed E-state index contributed by atoms with van der Waals surface area (Å²) in [4.78, 5) is 11.7. The highest BCUT2D eigenvalue weighted by Gasteiger charge is 2.20. The maximum Gasteiger partial charge on any atom is 0.194 e. The van der Waals surface area contributed by atoms with E-state index in [0.717, 1.165) is 77.3 Å². The molecule has 172 valence electrons. The smallest absolute Gasteiger partial charge is 0.194 e. The maximum atomic E-state index is 5.44. The average Bonchev–Trinajstić information content (AvgIpc) is 2.86. The van der Waals surface area contributed by atoms with E-state index in [9.17, 15) is 0 Å². The molecule has 2 aromatic carbocycles. The van der Waals surface area contributed by atoms with Crippen LogP contribution in [0.1, 0.15) is 11.1 Å². The predicted molar refractivity (Wildman–Crippen MR) is 130 cm³/mol. The lowest BCUT2D eigenvalue weighted by atomic mass is 10.1. The number of aliphatic imine (C=N–C) groups is 1. The number of guanidine groups is 1. The van der Waals surface area contributed by atoms with Gasteiger partial charge in [-0.1, -0.05) is 30.3 Å². The molecule has 7 nitrogen and oxygen atoms in total. The lowest BCUT2D eigenvalue weighted by Crippen LogP contribution is -2.52. The summed E-state index contributed by atoms with van der Waals surface area (Å²) in [6.07, 6.45) is 0. The largest absolute Gasteiger partial charge is 0.497 e. The Morgan fingerprint density at radius 2 is 1.69 bits per heavy atom. The summed E-state index contributed by atoms with van der Waals surface area (Å²) >= 11 is 0. The van der Waals surface area contributed by atoms with E-state index >= 15 is 0 Å². The Morgan fingerprint density at radius 1 is 0.969 bits per heavy atom. The Morgan fingerprint density at radius 3 is 2.38 bits per heavy atom. The molecule has 4 rings (SSSR count). The first-order valence-electron chi connectivity index (χ1n) is 11.5. The van der Waals surface area contributed by atoms with Gasteiger partial charge in [0.2, 0.25) is 0 Å². The first kappa shape index (κ1) is 22.4. The van der Waals surface area contributed by atoms with Crippen LogP contribution in [0.15, 0.2) is 53.5 Å². The van der Waals surface area contributed by atoms with Gasteiger partial charge in [0.05, 0.1) is 20.3 Å². The van der Waals surface area contributed by atoms with Crippen LogP contribution in [0.4, 0.5) is 5.69 Å². The van der Waals surface area contributed by atoms with Crippen LogP contribution in [0.2, 0.25) is 0 Å². The molecule has 2 heterocycles. The van der Waals surface area contributed by atoms with E-state index in [1.165, 1.54) is 16.8 Å². The van der Waals surface area contributed by atoms with Gasteiger partial charge in [0.15, 0.2) is 5.96 Å². The van der Waals surface area contributed by atoms with Gasteiger partial charge in [0.25, 0.3) is 0 Å². The number of morpholine rings is 1. The van der Waals surface area contributed by atoms with Gasteiger partial charge in [-0.05, 0) is 23.3 Å². The molecule has 0 aliphatic carbocycles. The van der Waals surface area contributed by atoms with Gasteiger partial charge in [-0.25, -0.2) is 0 Å². The highest BCUT2D eigenvalue weighted by atomic mass is 16.5. The van der Waals surface area contributed by atoms with E-state index in [2.05, 4.69) is 61.4 Å². The van der Waals surface area contributed by atoms with Crippen molar-refractivity contribution in [1.82, 2.24) is 15.1 Å². The molecule has 7 heteroatoms. The molecule has 1 N–H and O–H groups in total. The van der Waals surface area contributed by atoms with Crippen molar-refractivity contribution in [3.05, 3.63) is 59.7 Å². The van der Waals surface area contributed by atoms with Gasteiger partial charge in [0.1, 0.15) is 5.75 Å². The van der Waals surface area contributed by atoms with Crippen molar-refractivity contribution in [2.45, 2.75) is 13.1 Å². The van der Waals surface area contributed by atoms with Gasteiger partial charge in [0, 0.05) is 71.2 Å². The van der Waals surface area contributed by atoms with Crippen LogP contribution in [-0.4, -0.2) is 82.4 Å². The number of rotatable bonds is 6. The lowest BCUT2D eigenvalue weighted by molar-refractivity contribution is 0.0342. The topological polar surface area (TPSA) is 52.6 Å². The normalized spacial score (nSPS) is 18.0. The molecule has 2 aliphatic rings. The van der Waals surface area contributed by atoms with Gasteiger partial charge in [-0.15, -0.1) is 0 Å². The molecule has 2 aliphatic heterocycles. The van der Waals surface area contributed by atoms with Gasteiger partial charge >= 0.3 is 0 Å². The Balaban J connectivity index is 1.25. The van der Waals surface area contributed by atoms with Crippen molar-refractivity contribution >= 4 is 11.6 Å². The van der Waals surface area contributed by atoms with Crippen molar-refractivity contribution in [3.8, 4) is 5.75 Å². The molecule has 0 saturated carbocycles. The summed E-state index contributed by atoms with van der Waals surface area (Å²) in [5.74, 6) is 1.87. The number of hydrogen-bond acceptors (Lipinski definition) is 5. The third-order valence-electron chi connectivity index (χ3n) is 6.19. The highest BCUT2D eigenvalue weighted by Crippen LogP contribution is 2.22. The highest BCUT2D eigenvalue weighted by molar-refractivity contribution is 5.80. The number of hydrogen-bond donors (Lipinski definition) is 1. The fourth-order valence-corrected chi connectivity index (χ4v) is 4.28. The van der Waals surface area contributed by atoms with Crippen LogP contribution in [0, 0.1) is 0 Å². The summed E-state index contributed by atoms with van der Waals surface area (Å²) in [5.41, 5.74) is 3.84. The molecule has 0 spiro atoms. The summed E-state index contributed by atoms with van der Waals surface area (Å²) in [6, 6.07) is 17.2. The summed E-state index contributed by atoms with van der Waals surface area (Å²) in [5, 5.41) is 3.54. The summed E-state index contributed by atoms with van der Waals surface area (Å²) < 4.78 is 10.8. The number of piperazine rings is 1. The second kappa shape index (κ2) is 11.2. The van der Waals surface area contributed by atoms with E-state index in [1.54, 1.807) is 7.11 Å². The molecule has 32 heavy (non-hydrogen) atoms. The molecule has 0 bridgehead atoms. The maximum absolute atomic E-state index is 5.44. The van der Waals surface area contributed by atoms with E-state index < -0.39 is 0 Å². The Hall–Kier alpha value is -2.77. The zero-order chi connectivity index (χ0) is 22.2. The van der Waals surface area contributed by atoms with E-state index in [4.69, 9.17) is 9.47 Å². The molecular weight excluding hydrogens is 402 g/mol. The molecule has 0 amide bonds. The molecule has 2 fully saturated rings. The number of benzene rings is 2. The Labute approximate surface area is 191 Å². The fourth-order valence-electron chi connectivity index (χ4n) is 4.28. The third-order valence-corrected chi connectivity index (χ3v) is 6.19. The first-order chi connectivity index (χ1) is 15.7. The van der Waals surface area contributed by atoms with Crippen LogP contribution < -0.4 is 15.0 Å². The lowest BCUT2D eigenvalue weighted by Gasteiger charge is -2.37. The standard InChI is InChI=1S/C25H35N5O2/c1-26-25(30-12-10-29(11-13-30)23-4-3-5-24(18-23)31-2)27-19-21-6-8-22(9-7-21)20-28-14-16-32-17-15-28/h3-9,18H,10-17,19-20H2,1-2H3,(H,26,27). The first-order valence-corrected chi connectivity index (χ1v) is 11.5. The molecular formula is C25H35N5O2. The van der Waals surface area contributed by atoms with Crippen molar-refractivity contribution < 1.29 is 9.47 Å². The van der Waals surface area contributed by atoms with Crippen LogP contribution in [0.5, 0.6) is 5.75 Å². The zero-order valence-corrected chi connectivity index (χ0v) is 19.3. The average molecular weight is 438 g/mol. The van der Waals surface area contributed by atoms with E-state index in [-0.39, 0.29) is 0 Å². The second-order valence-corrected chi connectivity index (χ2v) is 8.28. The Kier molecular flexibility index (Phi) is 7.85. The van der Waals surface area contributed by atoms with Gasteiger partial charge in [-0.2, -0.15) is 0 Å². The van der Waals surface area contributed by atoms with Gasteiger partial charge in [-0.3, -0.25) is 9.89 Å². The zero-order valence-electron chi connectivity index (χ0n) is 19.3. The summed E-state index contributed by atoms with van der Waals surface area (Å²) in [7, 11) is 3.58. The quantitative estimate of drug-likeness (QED) is 0.553. The van der Waals surface area contributed by atoms with Crippen LogP contribution >= 0.6 is 0 Å². The number of nitrogens with one attached hydrogen (secondary N) is 1. The second-order valence-electron chi connectivity index (χ2n) is 8.28. The van der Waals surface area contributed by atoms with Crippen molar-refractivity contribution in [2.24, 2.45) is 4.99 Å². The minimum atomic E-state index is 0.778. The SMILES string of the molecule is CN=C(NCc1ccc(CN2CCOCC2)cc1)N1CCN(c2cccc(OC)c2)CC1. The Bertz CT molecular complexity index is 872. The molecule has 2 saturated heterocycles. The fraction of sp³-hybridized carbons (Fsp3) is 0.480. The van der Waals surface area contributed by atoms with Gasteiger partial charge < -0.3 is 24.6 Å².